The van der Waals surface area contributed by atoms with Gasteiger partial charge >= 0.3 is 5.97 Å². The number of carbonyl (C=O) groups is 3. The quantitative estimate of drug-likeness (QED) is 0.535. The molecular weight excluding hydrogens is 396 g/mol. The molecule has 0 fully saturated rings. The van der Waals surface area contributed by atoms with Crippen LogP contribution in [0.15, 0.2) is 54.2 Å². The number of benzene rings is 2. The fourth-order valence-electron chi connectivity index (χ4n) is 2.85. The zero-order valence-corrected chi connectivity index (χ0v) is 18.1. The van der Waals surface area contributed by atoms with Crippen molar-refractivity contribution in [3.8, 4) is 5.75 Å². The molecule has 3 N–H and O–H groups in total. The first kappa shape index (κ1) is 23.7. The minimum atomic E-state index is -1.13. The molecule has 0 aliphatic heterocycles. The maximum Gasteiger partial charge on any atom is 0.326 e. The van der Waals surface area contributed by atoms with Crippen LogP contribution in [0.25, 0.3) is 6.08 Å². The smallest absolute Gasteiger partial charge is 0.326 e. The number of rotatable bonds is 9. The Balaban J connectivity index is 2.32. The second kappa shape index (κ2) is 11.0. The van der Waals surface area contributed by atoms with Gasteiger partial charge in [0.05, 0.1) is 7.11 Å². The molecule has 0 radical (unpaired) electrons. The van der Waals surface area contributed by atoms with Crippen molar-refractivity contribution in [2.45, 2.75) is 33.2 Å². The molecule has 0 spiro atoms. The molecule has 164 valence electrons. The van der Waals surface area contributed by atoms with Crippen LogP contribution in [-0.4, -0.2) is 36.0 Å². The molecule has 0 bridgehead atoms. The van der Waals surface area contributed by atoms with E-state index in [-0.39, 0.29) is 18.0 Å². The molecule has 7 heteroatoms. The topological polar surface area (TPSA) is 105 Å². The molecule has 2 rings (SSSR count). The SMILES string of the molecule is COc1ccc(/C=C(\NC(=O)c2ccc(C)cc2)C(=O)NC(CC(C)C)C(=O)O)cc1. The first-order chi connectivity index (χ1) is 14.7. The van der Waals surface area contributed by atoms with Gasteiger partial charge in [-0.15, -0.1) is 0 Å². The van der Waals surface area contributed by atoms with Crippen molar-refractivity contribution in [2.75, 3.05) is 7.11 Å². The molecule has 2 amide bonds. The van der Waals surface area contributed by atoms with Crippen LogP contribution >= 0.6 is 0 Å². The van der Waals surface area contributed by atoms with Gasteiger partial charge in [-0.3, -0.25) is 9.59 Å². The Hall–Kier alpha value is -3.61. The normalized spacial score (nSPS) is 12.2. The molecule has 0 saturated heterocycles. The van der Waals surface area contributed by atoms with Gasteiger partial charge in [0.2, 0.25) is 0 Å². The van der Waals surface area contributed by atoms with Gasteiger partial charge in [-0.05, 0) is 55.2 Å². The predicted octanol–water partition coefficient (Wildman–Crippen LogP) is 3.39. The molecule has 1 unspecified atom stereocenters. The van der Waals surface area contributed by atoms with Crippen molar-refractivity contribution in [3.05, 3.63) is 70.9 Å². The standard InChI is InChI=1S/C24H28N2O5/c1-15(2)13-21(24(29)30)26-23(28)20(14-17-7-11-19(31-4)12-8-17)25-22(27)18-9-5-16(3)6-10-18/h5-12,14-15,21H,13H2,1-4H3,(H,25,27)(H,26,28)(H,29,30)/b20-14-. The van der Waals surface area contributed by atoms with E-state index in [2.05, 4.69) is 10.6 Å². The van der Waals surface area contributed by atoms with Crippen LogP contribution in [-0.2, 0) is 9.59 Å². The summed E-state index contributed by atoms with van der Waals surface area (Å²) in [5, 5.41) is 14.6. The van der Waals surface area contributed by atoms with Crippen molar-refractivity contribution in [2.24, 2.45) is 5.92 Å². The lowest BCUT2D eigenvalue weighted by molar-refractivity contribution is -0.141. The predicted molar refractivity (Wildman–Crippen MR) is 119 cm³/mol. The van der Waals surface area contributed by atoms with E-state index in [1.807, 2.05) is 20.8 Å². The molecule has 2 aromatic rings. The van der Waals surface area contributed by atoms with Gasteiger partial charge in [0, 0.05) is 5.56 Å². The Morgan fingerprint density at radius 3 is 2.16 bits per heavy atom. The number of ether oxygens (including phenoxy) is 1. The zero-order chi connectivity index (χ0) is 23.0. The van der Waals surface area contributed by atoms with Gasteiger partial charge in [-0.25, -0.2) is 4.79 Å². The third kappa shape index (κ3) is 7.29. The highest BCUT2D eigenvalue weighted by Gasteiger charge is 2.24. The Morgan fingerprint density at radius 1 is 1.03 bits per heavy atom. The van der Waals surface area contributed by atoms with Gasteiger partial charge < -0.3 is 20.5 Å². The number of hydrogen-bond donors (Lipinski definition) is 3. The Morgan fingerprint density at radius 2 is 1.65 bits per heavy atom. The van der Waals surface area contributed by atoms with Crippen molar-refractivity contribution >= 4 is 23.9 Å². The average molecular weight is 424 g/mol. The molecule has 7 nitrogen and oxygen atoms in total. The second-order valence-electron chi connectivity index (χ2n) is 7.65. The lowest BCUT2D eigenvalue weighted by Gasteiger charge is -2.18. The van der Waals surface area contributed by atoms with E-state index in [0.717, 1.165) is 5.56 Å². The third-order valence-electron chi connectivity index (χ3n) is 4.54. The third-order valence-corrected chi connectivity index (χ3v) is 4.54. The molecular formula is C24H28N2O5. The van der Waals surface area contributed by atoms with Crippen LogP contribution in [0.2, 0.25) is 0 Å². The van der Waals surface area contributed by atoms with Crippen molar-refractivity contribution in [1.82, 2.24) is 10.6 Å². The fourth-order valence-corrected chi connectivity index (χ4v) is 2.85. The highest BCUT2D eigenvalue weighted by atomic mass is 16.5. The summed E-state index contributed by atoms with van der Waals surface area (Å²) in [6, 6.07) is 12.8. The first-order valence-corrected chi connectivity index (χ1v) is 9.97. The number of methoxy groups -OCH3 is 1. The van der Waals surface area contributed by atoms with E-state index in [1.54, 1.807) is 55.6 Å². The molecule has 0 saturated carbocycles. The second-order valence-corrected chi connectivity index (χ2v) is 7.65. The van der Waals surface area contributed by atoms with Crippen molar-refractivity contribution in [3.63, 3.8) is 0 Å². The summed E-state index contributed by atoms with van der Waals surface area (Å²) < 4.78 is 5.13. The summed E-state index contributed by atoms with van der Waals surface area (Å²) in [7, 11) is 1.55. The summed E-state index contributed by atoms with van der Waals surface area (Å²) in [4.78, 5) is 37.2. The number of aryl methyl sites for hydroxylation is 1. The summed E-state index contributed by atoms with van der Waals surface area (Å²) in [5.74, 6) is -1.56. The number of hydrogen-bond acceptors (Lipinski definition) is 4. The Kier molecular flexibility index (Phi) is 8.37. The minimum Gasteiger partial charge on any atom is -0.497 e. The molecule has 1 atom stereocenters. The van der Waals surface area contributed by atoms with Crippen LogP contribution < -0.4 is 15.4 Å². The maximum atomic E-state index is 12.9. The van der Waals surface area contributed by atoms with E-state index < -0.39 is 23.8 Å². The van der Waals surface area contributed by atoms with E-state index in [1.165, 1.54) is 6.08 Å². The molecule has 0 aromatic heterocycles. The molecule has 31 heavy (non-hydrogen) atoms. The maximum absolute atomic E-state index is 12.9. The summed E-state index contributed by atoms with van der Waals surface area (Å²) >= 11 is 0. The number of carboxylic acid groups (broad SMARTS) is 1. The van der Waals surface area contributed by atoms with Crippen LogP contribution in [0, 0.1) is 12.8 Å². The summed E-state index contributed by atoms with van der Waals surface area (Å²) in [6.07, 6.45) is 1.76. The van der Waals surface area contributed by atoms with Crippen LogP contribution in [0.1, 0.15) is 41.8 Å². The highest BCUT2D eigenvalue weighted by molar-refractivity contribution is 6.06. The minimum absolute atomic E-state index is 0.0502. The summed E-state index contributed by atoms with van der Waals surface area (Å²) in [6.45, 7) is 5.65. The average Bonchev–Trinajstić information content (AvgIpc) is 2.73. The zero-order valence-electron chi connectivity index (χ0n) is 18.1. The lowest BCUT2D eigenvalue weighted by atomic mass is 10.0. The number of nitrogens with one attached hydrogen (secondary N) is 2. The fraction of sp³-hybridized carbons (Fsp3) is 0.292. The molecule has 0 aliphatic carbocycles. The summed E-state index contributed by atoms with van der Waals surface area (Å²) in [5.41, 5.74) is 1.98. The van der Waals surface area contributed by atoms with Gasteiger partial charge in [-0.1, -0.05) is 43.7 Å². The van der Waals surface area contributed by atoms with E-state index >= 15 is 0 Å². The van der Waals surface area contributed by atoms with E-state index in [9.17, 15) is 19.5 Å². The number of carboxylic acids is 1. The van der Waals surface area contributed by atoms with E-state index in [4.69, 9.17) is 4.74 Å². The van der Waals surface area contributed by atoms with Crippen molar-refractivity contribution < 1.29 is 24.2 Å². The Labute approximate surface area is 182 Å². The highest BCUT2D eigenvalue weighted by Crippen LogP contribution is 2.15. The first-order valence-electron chi connectivity index (χ1n) is 9.97. The van der Waals surface area contributed by atoms with Gasteiger partial charge in [-0.2, -0.15) is 0 Å². The lowest BCUT2D eigenvalue weighted by Crippen LogP contribution is -2.45. The molecule has 2 aromatic carbocycles. The number of aliphatic carboxylic acids is 1. The number of amides is 2. The van der Waals surface area contributed by atoms with E-state index in [0.29, 0.717) is 16.9 Å². The van der Waals surface area contributed by atoms with Crippen LogP contribution in [0.3, 0.4) is 0 Å². The molecule has 0 aliphatic rings. The number of carbonyl (C=O) groups excluding carboxylic acids is 2. The Bertz CT molecular complexity index is 947. The largest absolute Gasteiger partial charge is 0.497 e. The van der Waals surface area contributed by atoms with Gasteiger partial charge in [0.25, 0.3) is 11.8 Å². The van der Waals surface area contributed by atoms with Crippen LogP contribution in [0.4, 0.5) is 0 Å². The van der Waals surface area contributed by atoms with Crippen LogP contribution in [0.5, 0.6) is 5.75 Å². The van der Waals surface area contributed by atoms with Crippen molar-refractivity contribution in [1.29, 1.82) is 0 Å². The monoisotopic (exact) mass is 424 g/mol. The van der Waals surface area contributed by atoms with Gasteiger partial charge in [0.15, 0.2) is 0 Å². The molecule has 0 heterocycles. The van der Waals surface area contributed by atoms with Gasteiger partial charge in [0.1, 0.15) is 17.5 Å².